The second kappa shape index (κ2) is 10.7. The molecule has 8 nitrogen and oxygen atoms in total. The molecule has 1 aliphatic carbocycles. The highest BCUT2D eigenvalue weighted by Crippen LogP contribution is 2.29. The van der Waals surface area contributed by atoms with Crippen molar-refractivity contribution in [3.63, 3.8) is 0 Å². The Kier molecular flexibility index (Phi) is 7.51. The first-order valence-electron chi connectivity index (χ1n) is 11.5. The number of barbiturate groups is 1. The molecule has 1 heterocycles. The molecule has 182 valence electrons. The molecule has 5 amide bonds. The molecular formula is C26H26ClN3O5. The van der Waals surface area contributed by atoms with Gasteiger partial charge in [0.2, 0.25) is 0 Å². The van der Waals surface area contributed by atoms with E-state index in [1.807, 2.05) is 19.1 Å². The zero-order chi connectivity index (χ0) is 24.9. The van der Waals surface area contributed by atoms with Gasteiger partial charge in [0.1, 0.15) is 11.3 Å². The van der Waals surface area contributed by atoms with E-state index in [1.54, 1.807) is 24.3 Å². The molecule has 4 rings (SSSR count). The number of benzene rings is 2. The summed E-state index contributed by atoms with van der Waals surface area (Å²) in [5.74, 6) is -1.40. The van der Waals surface area contributed by atoms with Gasteiger partial charge in [0, 0.05) is 11.7 Å². The van der Waals surface area contributed by atoms with Gasteiger partial charge in [0.15, 0.2) is 6.61 Å². The highest BCUT2D eigenvalue weighted by Gasteiger charge is 2.40. The van der Waals surface area contributed by atoms with Gasteiger partial charge in [-0.1, -0.05) is 54.6 Å². The molecular weight excluding hydrogens is 470 g/mol. The van der Waals surface area contributed by atoms with Crippen LogP contribution < -0.4 is 15.4 Å². The van der Waals surface area contributed by atoms with Crippen molar-refractivity contribution in [2.45, 2.75) is 45.1 Å². The van der Waals surface area contributed by atoms with Crippen molar-refractivity contribution >= 4 is 47.1 Å². The number of ether oxygens (including phenoxy) is 1. The normalized spacial score (nSPS) is 17.9. The lowest BCUT2D eigenvalue weighted by atomic mass is 9.93. The summed E-state index contributed by atoms with van der Waals surface area (Å²) in [7, 11) is 0. The zero-order valence-corrected chi connectivity index (χ0v) is 20.1. The molecule has 0 aromatic heterocycles. The minimum Gasteiger partial charge on any atom is -0.482 e. The molecule has 1 aliphatic heterocycles. The fraction of sp³-hybridized carbons (Fsp3) is 0.308. The Morgan fingerprint density at radius 2 is 1.83 bits per heavy atom. The van der Waals surface area contributed by atoms with Gasteiger partial charge in [0.25, 0.3) is 17.7 Å². The summed E-state index contributed by atoms with van der Waals surface area (Å²) in [5, 5.41) is 5.22. The smallest absolute Gasteiger partial charge is 0.331 e. The first-order valence-corrected chi connectivity index (χ1v) is 11.9. The number of aryl methyl sites for hydroxylation is 1. The molecule has 35 heavy (non-hydrogen) atoms. The number of hydrogen-bond acceptors (Lipinski definition) is 5. The van der Waals surface area contributed by atoms with Crippen molar-refractivity contribution in [3.8, 4) is 5.75 Å². The zero-order valence-electron chi connectivity index (χ0n) is 19.3. The van der Waals surface area contributed by atoms with Crippen LogP contribution in [0.3, 0.4) is 0 Å². The van der Waals surface area contributed by atoms with E-state index in [0.29, 0.717) is 11.3 Å². The first kappa shape index (κ1) is 24.5. The van der Waals surface area contributed by atoms with Crippen LogP contribution >= 0.6 is 11.6 Å². The molecule has 2 aromatic carbocycles. The highest BCUT2D eigenvalue weighted by molar-refractivity contribution is 6.33. The third-order valence-corrected chi connectivity index (χ3v) is 6.33. The van der Waals surface area contributed by atoms with E-state index in [0.717, 1.165) is 42.6 Å². The number of nitrogens with one attached hydrogen (secondary N) is 2. The first-order chi connectivity index (χ1) is 16.8. The standard InChI is InChI=1S/C26H26ClN3O5/c1-16-7-10-18(11-8-16)28-23(31)15-35-22-12-9-17(14-21(22)27)13-20-24(32)29-26(34)30(25(20)33)19-5-3-2-4-6-19/h7-14,19H,2-6,15H2,1H3,(H,28,31)(H,29,32,34). The Balaban J connectivity index is 1.43. The van der Waals surface area contributed by atoms with Gasteiger partial charge >= 0.3 is 6.03 Å². The van der Waals surface area contributed by atoms with Crippen molar-refractivity contribution in [1.29, 1.82) is 0 Å². The average molecular weight is 496 g/mol. The van der Waals surface area contributed by atoms with Crippen LogP contribution in [0.15, 0.2) is 48.0 Å². The lowest BCUT2D eigenvalue weighted by Crippen LogP contribution is -2.58. The van der Waals surface area contributed by atoms with Crippen molar-refractivity contribution < 1.29 is 23.9 Å². The number of urea groups is 1. The predicted molar refractivity (Wildman–Crippen MR) is 132 cm³/mol. The van der Waals surface area contributed by atoms with E-state index >= 15 is 0 Å². The summed E-state index contributed by atoms with van der Waals surface area (Å²) in [6.07, 6.45) is 5.82. The summed E-state index contributed by atoms with van der Waals surface area (Å²) in [4.78, 5) is 51.1. The minimum absolute atomic E-state index is 0.127. The second-order valence-corrected chi connectivity index (χ2v) is 9.08. The van der Waals surface area contributed by atoms with Gasteiger partial charge in [-0.25, -0.2) is 4.79 Å². The van der Waals surface area contributed by atoms with Gasteiger partial charge in [-0.05, 0) is 55.7 Å². The van der Waals surface area contributed by atoms with Crippen LogP contribution in [0, 0.1) is 6.92 Å². The predicted octanol–water partition coefficient (Wildman–Crippen LogP) is 4.46. The Bertz CT molecular complexity index is 1190. The molecule has 9 heteroatoms. The monoisotopic (exact) mass is 495 g/mol. The Morgan fingerprint density at radius 3 is 2.51 bits per heavy atom. The minimum atomic E-state index is -0.740. The lowest BCUT2D eigenvalue weighted by Gasteiger charge is -2.35. The summed E-state index contributed by atoms with van der Waals surface area (Å²) in [6, 6.07) is 11.2. The third-order valence-electron chi connectivity index (χ3n) is 6.03. The van der Waals surface area contributed by atoms with E-state index < -0.39 is 17.8 Å². The van der Waals surface area contributed by atoms with Gasteiger partial charge in [-0.2, -0.15) is 0 Å². The Labute approximate surface area is 208 Å². The Hall–Kier alpha value is -3.65. The van der Waals surface area contributed by atoms with Crippen LogP contribution in [0.1, 0.15) is 43.2 Å². The maximum atomic E-state index is 13.0. The van der Waals surface area contributed by atoms with Gasteiger partial charge < -0.3 is 10.1 Å². The van der Waals surface area contributed by atoms with E-state index in [2.05, 4.69) is 10.6 Å². The van der Waals surface area contributed by atoms with Crippen molar-refractivity contribution in [2.24, 2.45) is 0 Å². The number of hydrogen-bond donors (Lipinski definition) is 2. The van der Waals surface area contributed by atoms with Gasteiger partial charge in [-0.3, -0.25) is 24.6 Å². The molecule has 1 saturated carbocycles. The summed E-state index contributed by atoms with van der Waals surface area (Å²) < 4.78 is 5.53. The molecule has 0 unspecified atom stereocenters. The average Bonchev–Trinajstić information content (AvgIpc) is 2.83. The molecule has 2 fully saturated rings. The number of amides is 5. The van der Waals surface area contributed by atoms with E-state index in [1.165, 1.54) is 12.1 Å². The van der Waals surface area contributed by atoms with Crippen molar-refractivity contribution in [2.75, 3.05) is 11.9 Å². The Morgan fingerprint density at radius 1 is 1.11 bits per heavy atom. The van der Waals surface area contributed by atoms with Gasteiger partial charge in [0.05, 0.1) is 5.02 Å². The van der Waals surface area contributed by atoms with Crippen molar-refractivity contribution in [3.05, 3.63) is 64.2 Å². The lowest BCUT2D eigenvalue weighted by molar-refractivity contribution is -0.132. The van der Waals surface area contributed by atoms with E-state index in [9.17, 15) is 19.2 Å². The molecule has 0 radical (unpaired) electrons. The maximum absolute atomic E-state index is 13.0. The van der Waals surface area contributed by atoms with Crippen LogP contribution in [0.25, 0.3) is 6.08 Å². The van der Waals surface area contributed by atoms with E-state index in [-0.39, 0.29) is 34.9 Å². The molecule has 2 aliphatic rings. The maximum Gasteiger partial charge on any atom is 0.331 e. The molecule has 2 N–H and O–H groups in total. The largest absolute Gasteiger partial charge is 0.482 e. The fourth-order valence-corrected chi connectivity index (χ4v) is 4.45. The molecule has 0 spiro atoms. The van der Waals surface area contributed by atoms with Crippen LogP contribution in [-0.2, 0) is 14.4 Å². The second-order valence-electron chi connectivity index (χ2n) is 8.68. The van der Waals surface area contributed by atoms with Crippen LogP contribution in [0.2, 0.25) is 5.02 Å². The number of imide groups is 2. The molecule has 2 aromatic rings. The molecule has 0 atom stereocenters. The number of carbonyl (C=O) groups excluding carboxylic acids is 4. The SMILES string of the molecule is Cc1ccc(NC(=O)COc2ccc(C=C3C(=O)NC(=O)N(C4CCCCC4)C3=O)cc2Cl)cc1. The fourth-order valence-electron chi connectivity index (χ4n) is 4.21. The van der Waals surface area contributed by atoms with Crippen LogP contribution in [-0.4, -0.2) is 41.3 Å². The third kappa shape index (κ3) is 5.89. The highest BCUT2D eigenvalue weighted by atomic mass is 35.5. The molecule has 0 bridgehead atoms. The summed E-state index contributed by atoms with van der Waals surface area (Å²) in [5.41, 5.74) is 2.11. The van der Waals surface area contributed by atoms with Gasteiger partial charge in [-0.15, -0.1) is 0 Å². The number of rotatable bonds is 6. The van der Waals surface area contributed by atoms with Crippen molar-refractivity contribution in [1.82, 2.24) is 10.2 Å². The topological polar surface area (TPSA) is 105 Å². The number of halogens is 1. The number of nitrogens with zero attached hydrogens (tertiary/aromatic N) is 1. The van der Waals surface area contributed by atoms with E-state index in [4.69, 9.17) is 16.3 Å². The number of anilines is 1. The summed E-state index contributed by atoms with van der Waals surface area (Å²) >= 11 is 6.32. The molecule has 1 saturated heterocycles. The van der Waals surface area contributed by atoms with Crippen LogP contribution in [0.4, 0.5) is 10.5 Å². The number of carbonyl (C=O) groups is 4. The summed E-state index contributed by atoms with van der Waals surface area (Å²) in [6.45, 7) is 1.71. The quantitative estimate of drug-likeness (QED) is 0.454. The van der Waals surface area contributed by atoms with Crippen LogP contribution in [0.5, 0.6) is 5.75 Å².